The van der Waals surface area contributed by atoms with Crippen molar-refractivity contribution >= 4 is 17.7 Å². The highest BCUT2D eigenvalue weighted by atomic mass is 32.2. The first-order chi connectivity index (χ1) is 12.8. The number of amides is 1. The van der Waals surface area contributed by atoms with Gasteiger partial charge in [-0.15, -0.1) is 11.8 Å². The second kappa shape index (κ2) is 7.87. The lowest BCUT2D eigenvalue weighted by molar-refractivity contribution is 0.0699. The van der Waals surface area contributed by atoms with E-state index in [9.17, 15) is 4.79 Å². The van der Waals surface area contributed by atoms with Crippen LogP contribution < -0.4 is 0 Å². The van der Waals surface area contributed by atoms with Crippen molar-refractivity contribution in [3.63, 3.8) is 0 Å². The normalized spacial score (nSPS) is 20.8. The Morgan fingerprint density at radius 1 is 1.23 bits per heavy atom. The molecule has 138 valence electrons. The zero-order valence-electron chi connectivity index (χ0n) is 15.4. The topological polar surface area (TPSA) is 38.1 Å². The summed E-state index contributed by atoms with van der Waals surface area (Å²) in [4.78, 5) is 20.9. The smallest absolute Gasteiger partial charge is 0.255 e. The second-order valence-electron chi connectivity index (χ2n) is 7.53. The summed E-state index contributed by atoms with van der Waals surface area (Å²) in [5.74, 6) is 2.51. The molecule has 4 nitrogen and oxygen atoms in total. The molecule has 1 aromatic heterocycles. The van der Waals surface area contributed by atoms with E-state index in [1.165, 1.54) is 25.1 Å². The lowest BCUT2D eigenvalue weighted by Crippen LogP contribution is -2.40. The summed E-state index contributed by atoms with van der Waals surface area (Å²) in [6.07, 6.45) is 12.3. The fourth-order valence-corrected chi connectivity index (χ4v) is 4.74. The van der Waals surface area contributed by atoms with Gasteiger partial charge in [-0.25, -0.2) is 4.98 Å². The fraction of sp³-hybridized carbons (Fsp3) is 0.524. The van der Waals surface area contributed by atoms with Crippen LogP contribution in [0.25, 0.3) is 0 Å². The molecule has 1 aliphatic heterocycles. The number of likely N-dealkylation sites (tertiary alicyclic amines) is 1. The predicted octanol–water partition coefficient (Wildman–Crippen LogP) is 4.42. The zero-order chi connectivity index (χ0) is 17.9. The summed E-state index contributed by atoms with van der Waals surface area (Å²) >= 11 is 1.64. The minimum Gasteiger partial charge on any atom is -0.338 e. The van der Waals surface area contributed by atoms with E-state index in [1.54, 1.807) is 11.8 Å². The lowest BCUT2D eigenvalue weighted by Gasteiger charge is -2.34. The van der Waals surface area contributed by atoms with E-state index in [4.69, 9.17) is 0 Å². The number of carbonyl (C=O) groups is 1. The third-order valence-electron chi connectivity index (χ3n) is 5.84. The third kappa shape index (κ3) is 3.54. The van der Waals surface area contributed by atoms with Crippen molar-refractivity contribution in [2.24, 2.45) is 5.92 Å². The predicted molar refractivity (Wildman–Crippen MR) is 106 cm³/mol. The van der Waals surface area contributed by atoms with Crippen LogP contribution in [0.3, 0.4) is 0 Å². The molecular weight excluding hydrogens is 342 g/mol. The molecule has 2 aromatic rings. The Labute approximate surface area is 160 Å². The summed E-state index contributed by atoms with van der Waals surface area (Å²) in [5.41, 5.74) is 0.832. The van der Waals surface area contributed by atoms with Crippen molar-refractivity contribution in [1.82, 2.24) is 14.5 Å². The number of hydrogen-bond acceptors (Lipinski definition) is 3. The Bertz CT molecular complexity index is 768. The Kier molecular flexibility index (Phi) is 5.34. The van der Waals surface area contributed by atoms with Gasteiger partial charge in [0.2, 0.25) is 0 Å². The number of piperidine rings is 1. The van der Waals surface area contributed by atoms with Gasteiger partial charge >= 0.3 is 0 Å². The maximum atomic E-state index is 13.1. The van der Waals surface area contributed by atoms with Gasteiger partial charge in [0.1, 0.15) is 5.82 Å². The first-order valence-corrected chi connectivity index (χ1v) is 10.9. The van der Waals surface area contributed by atoms with Crippen molar-refractivity contribution < 1.29 is 4.79 Å². The fourth-order valence-electron chi connectivity index (χ4n) is 4.15. The highest BCUT2D eigenvalue weighted by molar-refractivity contribution is 7.98. The lowest BCUT2D eigenvalue weighted by atomic mass is 9.85. The van der Waals surface area contributed by atoms with Crippen LogP contribution in [0.5, 0.6) is 0 Å². The molecule has 0 radical (unpaired) electrons. The number of benzene rings is 1. The van der Waals surface area contributed by atoms with Crippen molar-refractivity contribution in [3.8, 4) is 0 Å². The number of imidazole rings is 1. The zero-order valence-corrected chi connectivity index (χ0v) is 16.3. The highest BCUT2D eigenvalue weighted by Crippen LogP contribution is 2.32. The molecule has 1 saturated carbocycles. The summed E-state index contributed by atoms with van der Waals surface area (Å²) < 4.78 is 2.35. The largest absolute Gasteiger partial charge is 0.338 e. The molecular formula is C21H27N3OS. The molecule has 1 saturated heterocycles. The Balaban J connectivity index is 1.49. The summed E-state index contributed by atoms with van der Waals surface area (Å²) in [7, 11) is 0. The average Bonchev–Trinajstić information content (AvgIpc) is 3.12. The van der Waals surface area contributed by atoms with Crippen LogP contribution in [-0.4, -0.2) is 39.7 Å². The van der Waals surface area contributed by atoms with E-state index in [2.05, 4.69) is 15.7 Å². The number of thioether (sulfide) groups is 1. The van der Waals surface area contributed by atoms with Crippen LogP contribution in [0, 0.1) is 5.92 Å². The van der Waals surface area contributed by atoms with Gasteiger partial charge in [0, 0.05) is 42.8 Å². The van der Waals surface area contributed by atoms with E-state index in [-0.39, 0.29) is 5.91 Å². The van der Waals surface area contributed by atoms with Gasteiger partial charge < -0.3 is 9.47 Å². The molecule has 1 unspecified atom stereocenters. The third-order valence-corrected chi connectivity index (χ3v) is 6.63. The standard InChI is InChI=1S/C21H27N3OS/c1-26-19-10-3-2-9-18(19)21(25)24-12-5-8-17(15-24)20-22-11-13-23(20)14-16-6-4-7-16/h2-3,9-11,13,16-17H,4-8,12,14-15H2,1H3. The van der Waals surface area contributed by atoms with Gasteiger partial charge in [-0.05, 0) is 50.0 Å². The van der Waals surface area contributed by atoms with E-state index in [1.807, 2.05) is 41.6 Å². The molecule has 1 amide bonds. The maximum Gasteiger partial charge on any atom is 0.255 e. The molecule has 1 aromatic carbocycles. The molecule has 4 rings (SSSR count). The van der Waals surface area contributed by atoms with Crippen LogP contribution >= 0.6 is 11.8 Å². The van der Waals surface area contributed by atoms with Gasteiger partial charge in [-0.2, -0.15) is 0 Å². The first-order valence-electron chi connectivity index (χ1n) is 9.69. The summed E-state index contributed by atoms with van der Waals surface area (Å²) in [6, 6.07) is 7.94. The molecule has 2 aliphatic rings. The average molecular weight is 370 g/mol. The minimum absolute atomic E-state index is 0.164. The Morgan fingerprint density at radius 3 is 2.85 bits per heavy atom. The number of rotatable bonds is 5. The minimum atomic E-state index is 0.164. The molecule has 5 heteroatoms. The van der Waals surface area contributed by atoms with Gasteiger partial charge in [-0.1, -0.05) is 18.6 Å². The van der Waals surface area contributed by atoms with Crippen LogP contribution in [0.1, 0.15) is 54.2 Å². The Hall–Kier alpha value is -1.75. The van der Waals surface area contributed by atoms with Crippen LogP contribution in [0.4, 0.5) is 0 Å². The monoisotopic (exact) mass is 369 g/mol. The van der Waals surface area contributed by atoms with Gasteiger partial charge in [-0.3, -0.25) is 4.79 Å². The molecule has 1 atom stereocenters. The molecule has 1 aliphatic carbocycles. The van der Waals surface area contributed by atoms with Gasteiger partial charge in [0.25, 0.3) is 5.91 Å². The van der Waals surface area contributed by atoms with E-state index in [0.717, 1.165) is 48.9 Å². The van der Waals surface area contributed by atoms with Gasteiger partial charge in [0.05, 0.1) is 5.56 Å². The van der Waals surface area contributed by atoms with E-state index in [0.29, 0.717) is 5.92 Å². The molecule has 0 bridgehead atoms. The molecule has 26 heavy (non-hydrogen) atoms. The number of aromatic nitrogens is 2. The number of carbonyl (C=O) groups excluding carboxylic acids is 1. The summed E-state index contributed by atoms with van der Waals surface area (Å²) in [6.45, 7) is 2.72. The Morgan fingerprint density at radius 2 is 2.08 bits per heavy atom. The van der Waals surface area contributed by atoms with Crippen LogP contribution in [-0.2, 0) is 6.54 Å². The number of nitrogens with zero attached hydrogens (tertiary/aromatic N) is 3. The quantitative estimate of drug-likeness (QED) is 0.732. The van der Waals surface area contributed by atoms with Crippen molar-refractivity contribution in [2.45, 2.75) is 49.5 Å². The molecule has 2 fully saturated rings. The highest BCUT2D eigenvalue weighted by Gasteiger charge is 2.29. The van der Waals surface area contributed by atoms with E-state index >= 15 is 0 Å². The first kappa shape index (κ1) is 17.7. The number of hydrogen-bond donors (Lipinski definition) is 0. The maximum absolute atomic E-state index is 13.1. The molecule has 2 heterocycles. The van der Waals surface area contributed by atoms with Gasteiger partial charge in [0.15, 0.2) is 0 Å². The van der Waals surface area contributed by atoms with Crippen molar-refractivity contribution in [1.29, 1.82) is 0 Å². The SMILES string of the molecule is CSc1ccccc1C(=O)N1CCCC(c2nccn2CC2CCC2)C1. The van der Waals surface area contributed by atoms with Crippen molar-refractivity contribution in [2.75, 3.05) is 19.3 Å². The second-order valence-corrected chi connectivity index (χ2v) is 8.37. The van der Waals surface area contributed by atoms with Crippen LogP contribution in [0.2, 0.25) is 0 Å². The molecule has 0 N–H and O–H groups in total. The van der Waals surface area contributed by atoms with Crippen molar-refractivity contribution in [3.05, 3.63) is 48.0 Å². The summed E-state index contributed by atoms with van der Waals surface area (Å²) in [5, 5.41) is 0. The van der Waals surface area contributed by atoms with E-state index < -0.39 is 0 Å². The molecule has 0 spiro atoms. The van der Waals surface area contributed by atoms with Crippen LogP contribution in [0.15, 0.2) is 41.6 Å².